The highest BCUT2D eigenvalue weighted by Crippen LogP contribution is 2.19. The highest BCUT2D eigenvalue weighted by Gasteiger charge is 2.06. The number of rotatable bonds is 5. The summed E-state index contributed by atoms with van der Waals surface area (Å²) in [4.78, 5) is 0. The summed E-state index contributed by atoms with van der Waals surface area (Å²) in [7, 11) is 1.68. The van der Waals surface area contributed by atoms with E-state index in [1.165, 1.54) is 17.7 Å². The first kappa shape index (κ1) is 14.5. The van der Waals surface area contributed by atoms with Crippen molar-refractivity contribution in [3.63, 3.8) is 0 Å². The summed E-state index contributed by atoms with van der Waals surface area (Å²) >= 11 is 0. The normalized spacial score (nSPS) is 12.2. The van der Waals surface area contributed by atoms with Crippen LogP contribution in [0.3, 0.4) is 0 Å². The summed E-state index contributed by atoms with van der Waals surface area (Å²) in [5, 5.41) is 3.44. The first-order valence-electron chi connectivity index (χ1n) is 6.72. The zero-order valence-corrected chi connectivity index (χ0v) is 12.1. The van der Waals surface area contributed by atoms with Gasteiger partial charge in [0.2, 0.25) is 0 Å². The third-order valence-corrected chi connectivity index (χ3v) is 3.44. The molecule has 0 fully saturated rings. The van der Waals surface area contributed by atoms with Crippen LogP contribution < -0.4 is 10.1 Å². The van der Waals surface area contributed by atoms with E-state index in [1.54, 1.807) is 7.11 Å². The van der Waals surface area contributed by atoms with Crippen molar-refractivity contribution in [3.05, 3.63) is 65.0 Å². The fourth-order valence-corrected chi connectivity index (χ4v) is 2.19. The van der Waals surface area contributed by atoms with Gasteiger partial charge >= 0.3 is 0 Å². The van der Waals surface area contributed by atoms with Crippen molar-refractivity contribution >= 4 is 0 Å². The van der Waals surface area contributed by atoms with Crippen molar-refractivity contribution in [3.8, 4) is 5.75 Å². The Hall–Kier alpha value is -1.87. The lowest BCUT2D eigenvalue weighted by Crippen LogP contribution is -2.18. The molecule has 0 aliphatic heterocycles. The van der Waals surface area contributed by atoms with Gasteiger partial charge in [-0.05, 0) is 48.7 Å². The standard InChI is InChI=1S/C17H20FNO/c1-12-10-14(4-9-17(12)20-3)11-19-13(2)15-5-7-16(18)8-6-15/h4-10,13,19H,11H2,1-3H3. The zero-order valence-electron chi connectivity index (χ0n) is 12.1. The Balaban J connectivity index is 1.97. The molecular weight excluding hydrogens is 253 g/mol. The van der Waals surface area contributed by atoms with Crippen LogP contribution in [0.5, 0.6) is 5.75 Å². The average Bonchev–Trinajstić information content (AvgIpc) is 2.45. The largest absolute Gasteiger partial charge is 0.496 e. The lowest BCUT2D eigenvalue weighted by molar-refractivity contribution is 0.411. The molecule has 106 valence electrons. The molecule has 0 saturated carbocycles. The topological polar surface area (TPSA) is 21.3 Å². The Morgan fingerprint density at radius 2 is 1.85 bits per heavy atom. The number of methoxy groups -OCH3 is 1. The summed E-state index contributed by atoms with van der Waals surface area (Å²) in [6, 6.07) is 12.9. The molecule has 1 atom stereocenters. The Labute approximate surface area is 119 Å². The predicted molar refractivity (Wildman–Crippen MR) is 79.4 cm³/mol. The number of hydrogen-bond acceptors (Lipinski definition) is 2. The van der Waals surface area contributed by atoms with Gasteiger partial charge in [0.25, 0.3) is 0 Å². The SMILES string of the molecule is COc1ccc(CNC(C)c2ccc(F)cc2)cc1C. The molecule has 3 heteroatoms. The van der Waals surface area contributed by atoms with Crippen molar-refractivity contribution < 1.29 is 9.13 Å². The summed E-state index contributed by atoms with van der Waals surface area (Å²) < 4.78 is 18.1. The average molecular weight is 273 g/mol. The molecular formula is C17H20FNO. The number of aryl methyl sites for hydroxylation is 1. The van der Waals surface area contributed by atoms with Crippen molar-refractivity contribution in [2.45, 2.75) is 26.4 Å². The Bertz CT molecular complexity index is 566. The van der Waals surface area contributed by atoms with E-state index in [-0.39, 0.29) is 11.9 Å². The number of ether oxygens (including phenoxy) is 1. The molecule has 0 aromatic heterocycles. The minimum absolute atomic E-state index is 0.179. The quantitative estimate of drug-likeness (QED) is 0.889. The van der Waals surface area contributed by atoms with Crippen LogP contribution in [0.2, 0.25) is 0 Å². The van der Waals surface area contributed by atoms with Crippen molar-refractivity contribution in [2.75, 3.05) is 7.11 Å². The van der Waals surface area contributed by atoms with E-state index in [0.717, 1.165) is 23.4 Å². The molecule has 0 radical (unpaired) electrons. The Morgan fingerprint density at radius 1 is 1.15 bits per heavy atom. The second-order valence-corrected chi connectivity index (χ2v) is 4.96. The van der Waals surface area contributed by atoms with E-state index >= 15 is 0 Å². The molecule has 20 heavy (non-hydrogen) atoms. The maximum Gasteiger partial charge on any atom is 0.123 e. The van der Waals surface area contributed by atoms with Crippen LogP contribution >= 0.6 is 0 Å². The van der Waals surface area contributed by atoms with E-state index in [9.17, 15) is 4.39 Å². The van der Waals surface area contributed by atoms with Gasteiger partial charge < -0.3 is 10.1 Å². The molecule has 0 heterocycles. The van der Waals surface area contributed by atoms with Gasteiger partial charge in [-0.1, -0.05) is 24.3 Å². The van der Waals surface area contributed by atoms with E-state index in [2.05, 4.69) is 24.4 Å². The number of benzene rings is 2. The van der Waals surface area contributed by atoms with Crippen LogP contribution in [0, 0.1) is 12.7 Å². The molecule has 0 aliphatic rings. The smallest absolute Gasteiger partial charge is 0.123 e. The van der Waals surface area contributed by atoms with Gasteiger partial charge in [-0.25, -0.2) is 4.39 Å². The van der Waals surface area contributed by atoms with Crippen LogP contribution in [0.4, 0.5) is 4.39 Å². The first-order valence-corrected chi connectivity index (χ1v) is 6.72. The Morgan fingerprint density at radius 3 is 2.45 bits per heavy atom. The minimum atomic E-state index is -0.202. The highest BCUT2D eigenvalue weighted by molar-refractivity contribution is 5.36. The third-order valence-electron chi connectivity index (χ3n) is 3.44. The van der Waals surface area contributed by atoms with Gasteiger partial charge in [0.05, 0.1) is 7.11 Å². The Kier molecular flexibility index (Phi) is 4.74. The van der Waals surface area contributed by atoms with E-state index in [4.69, 9.17) is 4.74 Å². The van der Waals surface area contributed by atoms with Crippen LogP contribution in [0.15, 0.2) is 42.5 Å². The van der Waals surface area contributed by atoms with E-state index in [0.29, 0.717) is 0 Å². The highest BCUT2D eigenvalue weighted by atomic mass is 19.1. The number of hydrogen-bond donors (Lipinski definition) is 1. The first-order chi connectivity index (χ1) is 9.60. The summed E-state index contributed by atoms with van der Waals surface area (Å²) in [5.74, 6) is 0.701. The van der Waals surface area contributed by atoms with E-state index < -0.39 is 0 Å². The molecule has 1 N–H and O–H groups in total. The predicted octanol–water partition coefficient (Wildman–Crippen LogP) is 3.99. The van der Waals surface area contributed by atoms with Crippen LogP contribution in [-0.2, 0) is 6.54 Å². The van der Waals surface area contributed by atoms with Gasteiger partial charge in [0.1, 0.15) is 11.6 Å². The molecule has 0 amide bonds. The molecule has 2 rings (SSSR count). The van der Waals surface area contributed by atoms with Crippen molar-refractivity contribution in [1.29, 1.82) is 0 Å². The maximum absolute atomic E-state index is 12.9. The van der Waals surface area contributed by atoms with Gasteiger partial charge in [-0.15, -0.1) is 0 Å². The van der Waals surface area contributed by atoms with Crippen molar-refractivity contribution in [2.24, 2.45) is 0 Å². The monoisotopic (exact) mass is 273 g/mol. The lowest BCUT2D eigenvalue weighted by Gasteiger charge is -2.15. The maximum atomic E-state index is 12.9. The third kappa shape index (κ3) is 3.58. The molecule has 0 spiro atoms. The summed E-state index contributed by atoms with van der Waals surface area (Å²) in [6.45, 7) is 4.87. The second-order valence-electron chi connectivity index (χ2n) is 4.96. The fourth-order valence-electron chi connectivity index (χ4n) is 2.19. The lowest BCUT2D eigenvalue weighted by atomic mass is 10.1. The van der Waals surface area contributed by atoms with Gasteiger partial charge in [0.15, 0.2) is 0 Å². The number of halogens is 1. The van der Waals surface area contributed by atoms with Crippen LogP contribution in [0.25, 0.3) is 0 Å². The minimum Gasteiger partial charge on any atom is -0.496 e. The summed E-state index contributed by atoms with van der Waals surface area (Å²) in [5.41, 5.74) is 3.41. The molecule has 0 aliphatic carbocycles. The van der Waals surface area contributed by atoms with Crippen LogP contribution in [0.1, 0.15) is 29.7 Å². The van der Waals surface area contributed by atoms with Gasteiger partial charge in [0, 0.05) is 12.6 Å². The zero-order chi connectivity index (χ0) is 14.5. The molecule has 2 aromatic rings. The molecule has 0 bridgehead atoms. The molecule has 2 nitrogen and oxygen atoms in total. The van der Waals surface area contributed by atoms with Gasteiger partial charge in [-0.2, -0.15) is 0 Å². The molecule has 1 unspecified atom stereocenters. The number of nitrogens with one attached hydrogen (secondary N) is 1. The summed E-state index contributed by atoms with van der Waals surface area (Å²) in [6.07, 6.45) is 0. The molecule has 2 aromatic carbocycles. The second kappa shape index (κ2) is 6.53. The van der Waals surface area contributed by atoms with E-state index in [1.807, 2.05) is 25.1 Å². The molecule has 0 saturated heterocycles. The van der Waals surface area contributed by atoms with Crippen molar-refractivity contribution in [1.82, 2.24) is 5.32 Å². The van der Waals surface area contributed by atoms with Gasteiger partial charge in [-0.3, -0.25) is 0 Å². The van der Waals surface area contributed by atoms with Crippen LogP contribution in [-0.4, -0.2) is 7.11 Å². The fraction of sp³-hybridized carbons (Fsp3) is 0.294.